The van der Waals surface area contributed by atoms with Crippen molar-refractivity contribution in [3.8, 4) is 17.3 Å². The highest BCUT2D eigenvalue weighted by molar-refractivity contribution is 5.85. The molecule has 0 spiro atoms. The molecule has 1 saturated carbocycles. The highest BCUT2D eigenvalue weighted by Crippen LogP contribution is 2.33. The van der Waals surface area contributed by atoms with Crippen LogP contribution in [0.15, 0.2) is 41.3 Å². The van der Waals surface area contributed by atoms with Crippen molar-refractivity contribution < 1.29 is 0 Å². The molecule has 6 nitrogen and oxygen atoms in total. The van der Waals surface area contributed by atoms with Crippen molar-refractivity contribution in [1.29, 1.82) is 5.26 Å². The maximum absolute atomic E-state index is 13.1. The summed E-state index contributed by atoms with van der Waals surface area (Å²) in [7, 11) is 0. The van der Waals surface area contributed by atoms with E-state index < -0.39 is 0 Å². The van der Waals surface area contributed by atoms with Crippen molar-refractivity contribution in [2.45, 2.75) is 25.3 Å². The molecule has 24 heavy (non-hydrogen) atoms. The molecule has 0 radical (unpaired) electrons. The first kappa shape index (κ1) is 14.4. The molecule has 3 aromatic rings. The van der Waals surface area contributed by atoms with Crippen molar-refractivity contribution in [2.24, 2.45) is 0 Å². The third-order valence-electron chi connectivity index (χ3n) is 4.51. The number of anilines is 1. The third kappa shape index (κ3) is 2.14. The number of hydrogen-bond acceptors (Lipinski definition) is 5. The van der Waals surface area contributed by atoms with Gasteiger partial charge in [-0.05, 0) is 37.5 Å². The van der Waals surface area contributed by atoms with Crippen LogP contribution in [0, 0.1) is 11.3 Å². The van der Waals surface area contributed by atoms with Crippen molar-refractivity contribution in [2.75, 3.05) is 5.73 Å². The Morgan fingerprint density at radius 3 is 2.83 bits per heavy atom. The molecule has 2 N–H and O–H groups in total. The predicted octanol–water partition coefficient (Wildman–Crippen LogP) is 2.64. The van der Waals surface area contributed by atoms with E-state index >= 15 is 0 Å². The van der Waals surface area contributed by atoms with Gasteiger partial charge in [0.15, 0.2) is 5.65 Å². The number of nitrogens with two attached hydrogens (primary N) is 1. The van der Waals surface area contributed by atoms with Gasteiger partial charge in [-0.2, -0.15) is 5.26 Å². The minimum Gasteiger partial charge on any atom is -0.397 e. The highest BCUT2D eigenvalue weighted by Gasteiger charge is 2.25. The smallest absolute Gasteiger partial charge is 0.279 e. The molecular weight excluding hydrogens is 302 g/mol. The molecule has 0 unspecified atom stereocenters. The fraction of sp³-hybridized carbons (Fsp3) is 0.222. The lowest BCUT2D eigenvalue weighted by Crippen LogP contribution is -2.31. The molecular formula is C18H15N5O. The molecule has 0 amide bonds. The van der Waals surface area contributed by atoms with Crippen LogP contribution in [0.2, 0.25) is 0 Å². The highest BCUT2D eigenvalue weighted by atomic mass is 16.1. The summed E-state index contributed by atoms with van der Waals surface area (Å²) >= 11 is 0. The number of rotatable bonds is 2. The van der Waals surface area contributed by atoms with Crippen molar-refractivity contribution in [3.05, 3.63) is 52.4 Å². The standard InChI is InChI=1S/C18H15N5O/c19-10-11-3-1-4-12(9-11)15-18(24)23(13-5-2-6-13)17-16(22-15)14(20)7-8-21-17/h1,3-4,7-9,13H,2,5-6H2,(H2,20,21). The molecule has 0 bridgehead atoms. The summed E-state index contributed by atoms with van der Waals surface area (Å²) in [6.45, 7) is 0. The summed E-state index contributed by atoms with van der Waals surface area (Å²) in [5.41, 5.74) is 8.86. The zero-order valence-corrected chi connectivity index (χ0v) is 12.9. The van der Waals surface area contributed by atoms with E-state index in [1.807, 2.05) is 0 Å². The Morgan fingerprint density at radius 2 is 2.12 bits per heavy atom. The lowest BCUT2D eigenvalue weighted by atomic mass is 9.92. The average molecular weight is 317 g/mol. The summed E-state index contributed by atoms with van der Waals surface area (Å²) < 4.78 is 1.72. The van der Waals surface area contributed by atoms with Crippen LogP contribution in [0.4, 0.5) is 5.69 Å². The Kier molecular flexibility index (Phi) is 3.28. The molecule has 1 aliphatic carbocycles. The number of hydrogen-bond donors (Lipinski definition) is 1. The van der Waals surface area contributed by atoms with Gasteiger partial charge in [0, 0.05) is 17.8 Å². The molecule has 6 heteroatoms. The van der Waals surface area contributed by atoms with Gasteiger partial charge in [0.2, 0.25) is 0 Å². The average Bonchev–Trinajstić information content (AvgIpc) is 2.56. The van der Waals surface area contributed by atoms with E-state index in [0.717, 1.165) is 19.3 Å². The predicted molar refractivity (Wildman–Crippen MR) is 91.2 cm³/mol. The SMILES string of the molecule is N#Cc1cccc(-c2nc3c(N)ccnc3n(C3CCC3)c2=O)c1. The summed E-state index contributed by atoms with van der Waals surface area (Å²) in [5.74, 6) is 0. The van der Waals surface area contributed by atoms with Crippen LogP contribution in [0.3, 0.4) is 0 Å². The fourth-order valence-electron chi connectivity index (χ4n) is 3.03. The van der Waals surface area contributed by atoms with E-state index in [9.17, 15) is 4.79 Å². The molecule has 1 fully saturated rings. The third-order valence-corrected chi connectivity index (χ3v) is 4.51. The molecule has 4 rings (SSSR count). The summed E-state index contributed by atoms with van der Waals surface area (Å²) in [6.07, 6.45) is 4.60. The molecule has 118 valence electrons. The van der Waals surface area contributed by atoms with E-state index in [2.05, 4.69) is 16.0 Å². The zero-order valence-electron chi connectivity index (χ0n) is 12.9. The van der Waals surface area contributed by atoms with Gasteiger partial charge in [-0.25, -0.2) is 9.97 Å². The first-order valence-electron chi connectivity index (χ1n) is 7.86. The topological polar surface area (TPSA) is 97.6 Å². The van der Waals surface area contributed by atoms with E-state index in [1.54, 1.807) is 41.1 Å². The second-order valence-electron chi connectivity index (χ2n) is 5.99. The second-order valence-corrected chi connectivity index (χ2v) is 5.99. The maximum atomic E-state index is 13.1. The minimum absolute atomic E-state index is 0.134. The first-order chi connectivity index (χ1) is 11.7. The van der Waals surface area contributed by atoms with E-state index in [-0.39, 0.29) is 11.6 Å². The zero-order chi connectivity index (χ0) is 16.7. The summed E-state index contributed by atoms with van der Waals surface area (Å²) in [6, 6.07) is 10.8. The fourth-order valence-corrected chi connectivity index (χ4v) is 3.03. The number of pyridine rings is 1. The normalized spacial score (nSPS) is 14.3. The van der Waals surface area contributed by atoms with Gasteiger partial charge in [-0.15, -0.1) is 0 Å². The molecule has 0 saturated heterocycles. The molecule has 2 aromatic heterocycles. The quantitative estimate of drug-likeness (QED) is 0.783. The van der Waals surface area contributed by atoms with Crippen LogP contribution in [0.5, 0.6) is 0 Å². The Morgan fingerprint density at radius 1 is 1.29 bits per heavy atom. The largest absolute Gasteiger partial charge is 0.397 e. The Bertz CT molecular complexity index is 1040. The van der Waals surface area contributed by atoms with Crippen LogP contribution >= 0.6 is 0 Å². The van der Waals surface area contributed by atoms with Crippen LogP contribution in [-0.4, -0.2) is 14.5 Å². The van der Waals surface area contributed by atoms with Crippen molar-refractivity contribution in [3.63, 3.8) is 0 Å². The van der Waals surface area contributed by atoms with Gasteiger partial charge in [0.1, 0.15) is 11.2 Å². The second kappa shape index (κ2) is 5.46. The first-order valence-corrected chi connectivity index (χ1v) is 7.86. The van der Waals surface area contributed by atoms with Crippen molar-refractivity contribution in [1.82, 2.24) is 14.5 Å². The van der Waals surface area contributed by atoms with Crippen LogP contribution in [0.1, 0.15) is 30.9 Å². The lowest BCUT2D eigenvalue weighted by Gasteiger charge is -2.28. The number of benzene rings is 1. The van der Waals surface area contributed by atoms with Crippen LogP contribution < -0.4 is 11.3 Å². The Hall–Kier alpha value is -3.20. The van der Waals surface area contributed by atoms with Gasteiger partial charge in [-0.3, -0.25) is 9.36 Å². The number of fused-ring (bicyclic) bond motifs is 1. The van der Waals surface area contributed by atoms with Gasteiger partial charge in [-0.1, -0.05) is 12.1 Å². The van der Waals surface area contributed by atoms with E-state index in [4.69, 9.17) is 11.0 Å². The van der Waals surface area contributed by atoms with Gasteiger partial charge >= 0.3 is 0 Å². The maximum Gasteiger partial charge on any atom is 0.279 e. The minimum atomic E-state index is -0.180. The number of nitrogen functional groups attached to an aromatic ring is 1. The van der Waals surface area contributed by atoms with Gasteiger partial charge < -0.3 is 5.73 Å². The molecule has 0 aliphatic heterocycles. The number of nitriles is 1. The van der Waals surface area contributed by atoms with Crippen molar-refractivity contribution >= 4 is 16.9 Å². The molecule has 1 aromatic carbocycles. The Labute approximate surface area is 138 Å². The lowest BCUT2D eigenvalue weighted by molar-refractivity contribution is 0.313. The van der Waals surface area contributed by atoms with E-state index in [1.165, 1.54) is 0 Å². The Balaban J connectivity index is 2.06. The summed E-state index contributed by atoms with van der Waals surface area (Å²) in [4.78, 5) is 21.9. The van der Waals surface area contributed by atoms with Gasteiger partial charge in [0.25, 0.3) is 5.56 Å². The summed E-state index contributed by atoms with van der Waals surface area (Å²) in [5, 5.41) is 9.10. The molecule has 2 heterocycles. The number of nitrogens with zero attached hydrogens (tertiary/aromatic N) is 4. The molecule has 1 aliphatic rings. The van der Waals surface area contributed by atoms with E-state index in [0.29, 0.717) is 33.7 Å². The molecule has 0 atom stereocenters. The van der Waals surface area contributed by atoms with Crippen LogP contribution in [0.25, 0.3) is 22.4 Å². The van der Waals surface area contributed by atoms with Gasteiger partial charge in [0.05, 0.1) is 17.3 Å². The monoisotopic (exact) mass is 317 g/mol. The van der Waals surface area contributed by atoms with Crippen LogP contribution in [-0.2, 0) is 0 Å². The number of aromatic nitrogens is 3.